The third-order valence-corrected chi connectivity index (χ3v) is 8.50. The van der Waals surface area contributed by atoms with Gasteiger partial charge in [0.25, 0.3) is 5.91 Å². The Labute approximate surface area is 266 Å². The maximum Gasteiger partial charge on any atom is 0.344 e. The normalized spacial score (nSPS) is 18.5. The second kappa shape index (κ2) is 14.0. The zero-order valence-electron chi connectivity index (χ0n) is 25.9. The molecule has 0 bridgehead atoms. The maximum absolute atomic E-state index is 14.2. The maximum atomic E-state index is 14.2. The predicted octanol–water partition coefficient (Wildman–Crippen LogP) is 5.57. The van der Waals surface area contributed by atoms with Crippen LogP contribution in [-0.4, -0.2) is 61.8 Å². The minimum Gasteiger partial charge on any atom is -0.493 e. The highest BCUT2D eigenvalue weighted by molar-refractivity contribution is 8.05. The first-order valence-corrected chi connectivity index (χ1v) is 15.6. The summed E-state index contributed by atoms with van der Waals surface area (Å²) in [6.45, 7) is 7.87. The average Bonchev–Trinajstić information content (AvgIpc) is 3.34. The van der Waals surface area contributed by atoms with E-state index in [0.717, 1.165) is 22.1 Å². The number of carbonyl (C=O) groups is 3. The molecule has 0 aromatic heterocycles. The van der Waals surface area contributed by atoms with E-state index in [4.69, 9.17) is 23.7 Å². The Bertz CT molecular complexity index is 1680. The van der Waals surface area contributed by atoms with Crippen LogP contribution in [0.4, 0.5) is 0 Å². The molecule has 0 saturated carbocycles. The second-order valence-corrected chi connectivity index (χ2v) is 11.3. The van der Waals surface area contributed by atoms with Gasteiger partial charge in [0.15, 0.2) is 23.6 Å². The van der Waals surface area contributed by atoms with Gasteiger partial charge in [0.2, 0.25) is 0 Å². The quantitative estimate of drug-likeness (QED) is 0.213. The van der Waals surface area contributed by atoms with Crippen LogP contribution >= 0.6 is 11.8 Å². The monoisotopic (exact) mass is 632 g/mol. The Hall–Kier alpha value is -4.64. The largest absolute Gasteiger partial charge is 0.493 e. The molecule has 11 heteroatoms. The third-order valence-electron chi connectivity index (χ3n) is 7.39. The Kier molecular flexibility index (Phi) is 9.87. The molecule has 2 aliphatic heterocycles. The summed E-state index contributed by atoms with van der Waals surface area (Å²) >= 11 is 1.38. The van der Waals surface area contributed by atoms with E-state index in [-0.39, 0.29) is 25.7 Å². The van der Waals surface area contributed by atoms with E-state index in [1.165, 1.54) is 18.9 Å². The lowest BCUT2D eigenvalue weighted by atomic mass is 9.93. The molecule has 0 unspecified atom stereocenters. The van der Waals surface area contributed by atoms with Gasteiger partial charge in [0.1, 0.15) is 5.75 Å². The molecule has 3 aromatic carbocycles. The smallest absolute Gasteiger partial charge is 0.344 e. The van der Waals surface area contributed by atoms with Crippen molar-refractivity contribution in [2.75, 3.05) is 33.5 Å². The fourth-order valence-electron chi connectivity index (χ4n) is 5.47. The van der Waals surface area contributed by atoms with Crippen molar-refractivity contribution in [2.45, 2.75) is 39.2 Å². The number of rotatable bonds is 11. The number of hydrogen-bond acceptors (Lipinski definition) is 10. The highest BCUT2D eigenvalue weighted by atomic mass is 32.2. The van der Waals surface area contributed by atoms with Crippen LogP contribution in [0.2, 0.25) is 0 Å². The van der Waals surface area contributed by atoms with E-state index >= 15 is 0 Å². The van der Waals surface area contributed by atoms with Gasteiger partial charge >= 0.3 is 11.9 Å². The van der Waals surface area contributed by atoms with Crippen molar-refractivity contribution in [2.24, 2.45) is 0 Å². The number of nitrogens with zero attached hydrogens (tertiary/aromatic N) is 1. The van der Waals surface area contributed by atoms with Gasteiger partial charge in [-0.05, 0) is 68.5 Å². The van der Waals surface area contributed by atoms with E-state index < -0.39 is 23.5 Å². The number of benzene rings is 3. The molecular formula is C34H36N2O8S. The lowest BCUT2D eigenvalue weighted by Crippen LogP contribution is -2.50. The molecule has 0 spiro atoms. The molecule has 0 radical (unpaired) electrons. The number of esters is 2. The molecule has 2 atom stereocenters. The molecule has 1 N–H and O–H groups in total. The number of allylic oxidation sites excluding steroid dienone is 1. The molecule has 1 saturated heterocycles. The summed E-state index contributed by atoms with van der Waals surface area (Å²) in [6.07, 6.45) is 1.88. The fourth-order valence-corrected chi connectivity index (χ4v) is 6.68. The lowest BCUT2D eigenvalue weighted by Gasteiger charge is -2.39. The molecule has 1 fully saturated rings. The molecule has 236 valence electrons. The van der Waals surface area contributed by atoms with Crippen LogP contribution in [-0.2, 0) is 23.9 Å². The van der Waals surface area contributed by atoms with E-state index in [9.17, 15) is 14.4 Å². The fraction of sp³-hybridized carbons (Fsp3) is 0.324. The first-order chi connectivity index (χ1) is 21.8. The molecule has 2 aliphatic rings. The zero-order valence-corrected chi connectivity index (χ0v) is 26.7. The second-order valence-electron chi connectivity index (χ2n) is 10.1. The van der Waals surface area contributed by atoms with Crippen molar-refractivity contribution in [1.29, 1.82) is 0 Å². The topological polar surface area (TPSA) is 113 Å². The van der Waals surface area contributed by atoms with Gasteiger partial charge < -0.3 is 29.0 Å². The standard InChI is InChI=1S/C34H36N2O8S/c1-6-41-25-15-13-21(23-11-9-10-12-24(23)25)18-28-32(38)36-31(30(33(39)43-8-3)20(4)35-34(36)45-28)22-14-16-26(27(17-22)40-5)44-19-29(37)42-7-2/h9-18,31,34-35H,6-8,19H2,1-5H3/b28-18+/t31-,34-/m1/s1. The third kappa shape index (κ3) is 6.44. The molecule has 1 amide bonds. The summed E-state index contributed by atoms with van der Waals surface area (Å²) < 4.78 is 27.5. The van der Waals surface area contributed by atoms with Gasteiger partial charge in [0.05, 0.1) is 43.5 Å². The Morgan fingerprint density at radius 2 is 1.64 bits per heavy atom. The van der Waals surface area contributed by atoms with Crippen LogP contribution in [0, 0.1) is 0 Å². The van der Waals surface area contributed by atoms with Crippen molar-refractivity contribution in [3.8, 4) is 17.2 Å². The van der Waals surface area contributed by atoms with Gasteiger partial charge in [-0.25, -0.2) is 9.59 Å². The van der Waals surface area contributed by atoms with Gasteiger partial charge in [-0.15, -0.1) is 0 Å². The van der Waals surface area contributed by atoms with Crippen LogP contribution in [0.25, 0.3) is 16.8 Å². The van der Waals surface area contributed by atoms with Gasteiger partial charge in [-0.2, -0.15) is 0 Å². The molecule has 0 aliphatic carbocycles. The van der Waals surface area contributed by atoms with Crippen molar-refractivity contribution in [3.63, 3.8) is 0 Å². The van der Waals surface area contributed by atoms with Crippen LogP contribution < -0.4 is 19.5 Å². The summed E-state index contributed by atoms with van der Waals surface area (Å²) in [4.78, 5) is 41.6. The predicted molar refractivity (Wildman–Crippen MR) is 172 cm³/mol. The molecule has 2 heterocycles. The van der Waals surface area contributed by atoms with E-state index in [0.29, 0.717) is 39.8 Å². The number of hydrogen-bond donors (Lipinski definition) is 1. The van der Waals surface area contributed by atoms with Gasteiger partial charge in [-0.3, -0.25) is 9.69 Å². The van der Waals surface area contributed by atoms with E-state index in [1.54, 1.807) is 43.9 Å². The Morgan fingerprint density at radius 1 is 0.911 bits per heavy atom. The minimum absolute atomic E-state index is 0.175. The molecular weight excluding hydrogens is 596 g/mol. The highest BCUT2D eigenvalue weighted by Gasteiger charge is 2.48. The summed E-state index contributed by atoms with van der Waals surface area (Å²) in [5.41, 5.74) is 1.94. The van der Waals surface area contributed by atoms with E-state index in [2.05, 4.69) is 5.32 Å². The molecule has 5 rings (SSSR count). The van der Waals surface area contributed by atoms with Crippen LogP contribution in [0.5, 0.6) is 17.2 Å². The number of ether oxygens (including phenoxy) is 5. The number of carbonyl (C=O) groups excluding carboxylic acids is 3. The van der Waals surface area contributed by atoms with Crippen LogP contribution in [0.15, 0.2) is 70.8 Å². The number of nitrogens with one attached hydrogen (secondary N) is 1. The van der Waals surface area contributed by atoms with Crippen molar-refractivity contribution >= 4 is 46.5 Å². The van der Waals surface area contributed by atoms with E-state index in [1.807, 2.05) is 49.4 Å². The summed E-state index contributed by atoms with van der Waals surface area (Å²) in [6, 6.07) is 16.1. The minimum atomic E-state index is -0.786. The first-order valence-electron chi connectivity index (χ1n) is 14.8. The Morgan fingerprint density at radius 3 is 2.36 bits per heavy atom. The number of fused-ring (bicyclic) bond motifs is 2. The summed E-state index contributed by atoms with van der Waals surface area (Å²) in [5, 5.41) is 5.26. The SMILES string of the molecule is CCOC(=O)COc1ccc([C@@H]2C(C(=O)OCC)=C(C)N[C@H]3S/C(=C/c4ccc(OCC)c5ccccc45)C(=O)N32)cc1OC. The Balaban J connectivity index is 1.55. The highest BCUT2D eigenvalue weighted by Crippen LogP contribution is 2.48. The van der Waals surface area contributed by atoms with Crippen molar-refractivity contribution in [3.05, 3.63) is 81.9 Å². The zero-order chi connectivity index (χ0) is 32.1. The van der Waals surface area contributed by atoms with Gasteiger partial charge in [-0.1, -0.05) is 48.2 Å². The van der Waals surface area contributed by atoms with Crippen LogP contribution in [0.1, 0.15) is 44.9 Å². The average molecular weight is 633 g/mol. The van der Waals surface area contributed by atoms with Gasteiger partial charge in [0, 0.05) is 11.1 Å². The number of methoxy groups -OCH3 is 1. The molecule has 3 aromatic rings. The summed E-state index contributed by atoms with van der Waals surface area (Å²) in [5.74, 6) is 0.165. The summed E-state index contributed by atoms with van der Waals surface area (Å²) in [7, 11) is 1.48. The number of amides is 1. The molecule has 45 heavy (non-hydrogen) atoms. The van der Waals surface area contributed by atoms with Crippen molar-refractivity contribution < 1.29 is 38.1 Å². The van der Waals surface area contributed by atoms with Crippen molar-refractivity contribution in [1.82, 2.24) is 10.2 Å². The number of thioether (sulfide) groups is 1. The first kappa shape index (κ1) is 31.8. The lowest BCUT2D eigenvalue weighted by molar-refractivity contribution is -0.145. The van der Waals surface area contributed by atoms with Crippen LogP contribution in [0.3, 0.4) is 0 Å². The molecule has 10 nitrogen and oxygen atoms in total.